The zero-order chi connectivity index (χ0) is 15.0. The largest absolute Gasteiger partial charge is 0.356 e. The molecule has 3 heteroatoms. The minimum atomic E-state index is 0.749. The first kappa shape index (κ1) is 14.8. The van der Waals surface area contributed by atoms with Gasteiger partial charge in [-0.3, -0.25) is 0 Å². The summed E-state index contributed by atoms with van der Waals surface area (Å²) < 4.78 is 0. The number of pyridine rings is 1. The van der Waals surface area contributed by atoms with Crippen LogP contribution in [0.3, 0.4) is 0 Å². The van der Waals surface area contributed by atoms with Crippen LogP contribution in [0.25, 0.3) is 0 Å². The molecule has 2 atom stereocenters. The van der Waals surface area contributed by atoms with E-state index in [1.807, 2.05) is 0 Å². The highest BCUT2D eigenvalue weighted by Crippen LogP contribution is 2.30. The molecule has 1 saturated heterocycles. The highest BCUT2D eigenvalue weighted by atomic mass is 15.2. The number of rotatable bonds is 4. The minimum Gasteiger partial charge on any atom is -0.356 e. The van der Waals surface area contributed by atoms with Crippen LogP contribution in [0.1, 0.15) is 49.9 Å². The lowest BCUT2D eigenvalue weighted by Gasteiger charge is -2.37. The fourth-order valence-corrected chi connectivity index (χ4v) is 3.31. The second kappa shape index (κ2) is 5.96. The highest BCUT2D eigenvalue weighted by molar-refractivity contribution is 5.52. The molecule has 0 aromatic carbocycles. The van der Waals surface area contributed by atoms with Crippen molar-refractivity contribution < 1.29 is 0 Å². The van der Waals surface area contributed by atoms with Crippen molar-refractivity contribution in [3.05, 3.63) is 22.9 Å². The van der Waals surface area contributed by atoms with Crippen LogP contribution in [0.4, 0.5) is 5.82 Å². The molecule has 3 nitrogen and oxygen atoms in total. The number of hydrogen-bond donors (Lipinski definition) is 1. The normalized spacial score (nSPS) is 26.2. The molecule has 2 fully saturated rings. The van der Waals surface area contributed by atoms with Gasteiger partial charge in [0.05, 0.1) is 0 Å². The molecule has 0 amide bonds. The summed E-state index contributed by atoms with van der Waals surface area (Å²) in [6.45, 7) is 12.4. The van der Waals surface area contributed by atoms with Crippen molar-refractivity contribution in [2.45, 2.75) is 59.5 Å². The van der Waals surface area contributed by atoms with Crippen molar-refractivity contribution in [3.63, 3.8) is 0 Å². The molecule has 1 aromatic heterocycles. The first-order valence-corrected chi connectivity index (χ1v) is 8.50. The maximum atomic E-state index is 4.90. The molecule has 21 heavy (non-hydrogen) atoms. The van der Waals surface area contributed by atoms with E-state index in [1.54, 1.807) is 0 Å². The Balaban J connectivity index is 1.84. The average molecular weight is 287 g/mol. The van der Waals surface area contributed by atoms with Gasteiger partial charge in [-0.1, -0.05) is 13.8 Å². The third-order valence-electron chi connectivity index (χ3n) is 5.23. The Morgan fingerprint density at radius 2 is 1.95 bits per heavy atom. The molecule has 1 N–H and O–H groups in total. The maximum absolute atomic E-state index is 4.90. The number of anilines is 1. The van der Waals surface area contributed by atoms with Crippen molar-refractivity contribution in [2.75, 3.05) is 18.0 Å². The molecular weight excluding hydrogens is 258 g/mol. The zero-order valence-electron chi connectivity index (χ0n) is 13.9. The van der Waals surface area contributed by atoms with Gasteiger partial charge in [-0.2, -0.15) is 0 Å². The van der Waals surface area contributed by atoms with Gasteiger partial charge >= 0.3 is 0 Å². The summed E-state index contributed by atoms with van der Waals surface area (Å²) in [7, 11) is 0. The third kappa shape index (κ3) is 3.39. The molecule has 2 unspecified atom stereocenters. The van der Waals surface area contributed by atoms with E-state index in [0.717, 1.165) is 43.2 Å². The topological polar surface area (TPSA) is 28.2 Å². The fourth-order valence-electron chi connectivity index (χ4n) is 3.31. The molecule has 0 radical (unpaired) electrons. The molecule has 1 aliphatic heterocycles. The van der Waals surface area contributed by atoms with E-state index in [-0.39, 0.29) is 0 Å². The quantitative estimate of drug-likeness (QED) is 0.919. The molecule has 116 valence electrons. The van der Waals surface area contributed by atoms with Crippen molar-refractivity contribution >= 4 is 5.82 Å². The number of nitrogens with one attached hydrogen (secondary N) is 1. The van der Waals surface area contributed by atoms with Crippen LogP contribution < -0.4 is 10.2 Å². The van der Waals surface area contributed by atoms with Gasteiger partial charge < -0.3 is 10.2 Å². The smallest absolute Gasteiger partial charge is 0.133 e. The van der Waals surface area contributed by atoms with E-state index in [4.69, 9.17) is 4.98 Å². The van der Waals surface area contributed by atoms with E-state index >= 15 is 0 Å². The molecule has 0 spiro atoms. The summed E-state index contributed by atoms with van der Waals surface area (Å²) in [5.41, 5.74) is 3.94. The van der Waals surface area contributed by atoms with Crippen LogP contribution in [0, 0.1) is 25.7 Å². The molecule has 0 bridgehead atoms. The van der Waals surface area contributed by atoms with Gasteiger partial charge in [0.2, 0.25) is 0 Å². The predicted molar refractivity (Wildman–Crippen MR) is 88.7 cm³/mol. The molecule has 2 aliphatic rings. The first-order valence-electron chi connectivity index (χ1n) is 8.50. The Kier molecular flexibility index (Phi) is 4.21. The molecular formula is C18H29N3. The van der Waals surface area contributed by atoms with E-state index in [9.17, 15) is 0 Å². The standard InChI is InChI=1S/C18H29N3/c1-12-7-8-21(11-14(12)3)18-17(10-19-16-5-6-16)13(2)9-15(4)20-18/h9,12,14,16,19H,5-8,10-11H2,1-4H3. The molecule has 3 rings (SSSR count). The van der Waals surface area contributed by atoms with Crippen LogP contribution in [-0.4, -0.2) is 24.1 Å². The van der Waals surface area contributed by atoms with Gasteiger partial charge in [0.1, 0.15) is 5.82 Å². The van der Waals surface area contributed by atoms with Crippen LogP contribution in [-0.2, 0) is 6.54 Å². The number of piperidine rings is 1. The van der Waals surface area contributed by atoms with Crippen LogP contribution in [0.15, 0.2) is 6.07 Å². The van der Waals surface area contributed by atoms with Crippen LogP contribution in [0.2, 0.25) is 0 Å². The summed E-state index contributed by atoms with van der Waals surface area (Å²) >= 11 is 0. The lowest BCUT2D eigenvalue weighted by atomic mass is 9.88. The number of aryl methyl sites for hydroxylation is 2. The van der Waals surface area contributed by atoms with Gasteiger partial charge in [0.25, 0.3) is 0 Å². The number of nitrogens with zero attached hydrogens (tertiary/aromatic N) is 2. The van der Waals surface area contributed by atoms with Gasteiger partial charge in [-0.05, 0) is 56.6 Å². The van der Waals surface area contributed by atoms with Gasteiger partial charge in [0, 0.05) is 36.9 Å². The van der Waals surface area contributed by atoms with E-state index in [1.165, 1.54) is 36.2 Å². The first-order chi connectivity index (χ1) is 10.0. The van der Waals surface area contributed by atoms with Crippen LogP contribution in [0.5, 0.6) is 0 Å². The zero-order valence-corrected chi connectivity index (χ0v) is 13.9. The lowest BCUT2D eigenvalue weighted by Crippen LogP contribution is -2.40. The van der Waals surface area contributed by atoms with E-state index < -0.39 is 0 Å². The summed E-state index contributed by atoms with van der Waals surface area (Å²) in [5.74, 6) is 2.82. The van der Waals surface area contributed by atoms with Gasteiger partial charge in [-0.15, -0.1) is 0 Å². The number of aromatic nitrogens is 1. The molecule has 1 aliphatic carbocycles. The van der Waals surface area contributed by atoms with Gasteiger partial charge in [0.15, 0.2) is 0 Å². The summed E-state index contributed by atoms with van der Waals surface area (Å²) in [6, 6.07) is 2.97. The summed E-state index contributed by atoms with van der Waals surface area (Å²) in [5, 5.41) is 3.67. The molecule has 1 aromatic rings. The number of hydrogen-bond acceptors (Lipinski definition) is 3. The Morgan fingerprint density at radius 3 is 2.62 bits per heavy atom. The van der Waals surface area contributed by atoms with Gasteiger partial charge in [-0.25, -0.2) is 4.98 Å². The Hall–Kier alpha value is -1.09. The third-order valence-corrected chi connectivity index (χ3v) is 5.23. The Labute approximate surface area is 129 Å². The minimum absolute atomic E-state index is 0.749. The monoisotopic (exact) mass is 287 g/mol. The lowest BCUT2D eigenvalue weighted by molar-refractivity contribution is 0.322. The second-order valence-corrected chi connectivity index (χ2v) is 7.23. The molecule has 1 saturated carbocycles. The van der Waals surface area contributed by atoms with Crippen molar-refractivity contribution in [3.8, 4) is 0 Å². The van der Waals surface area contributed by atoms with Crippen molar-refractivity contribution in [1.82, 2.24) is 10.3 Å². The summed E-state index contributed by atoms with van der Waals surface area (Å²) in [4.78, 5) is 7.42. The predicted octanol–water partition coefficient (Wildman–Crippen LogP) is 3.43. The fraction of sp³-hybridized carbons (Fsp3) is 0.722. The Morgan fingerprint density at radius 1 is 1.19 bits per heavy atom. The SMILES string of the molecule is Cc1cc(C)c(CNC2CC2)c(N2CCC(C)C(C)C2)n1. The highest BCUT2D eigenvalue weighted by Gasteiger charge is 2.27. The Bertz CT molecular complexity index is 507. The van der Waals surface area contributed by atoms with Crippen molar-refractivity contribution in [2.24, 2.45) is 11.8 Å². The van der Waals surface area contributed by atoms with E-state index in [0.29, 0.717) is 0 Å². The van der Waals surface area contributed by atoms with Crippen molar-refractivity contribution in [1.29, 1.82) is 0 Å². The average Bonchev–Trinajstić information content (AvgIpc) is 3.24. The van der Waals surface area contributed by atoms with Crippen LogP contribution >= 0.6 is 0 Å². The maximum Gasteiger partial charge on any atom is 0.133 e. The second-order valence-electron chi connectivity index (χ2n) is 7.23. The van der Waals surface area contributed by atoms with E-state index in [2.05, 4.69) is 44.0 Å². The summed E-state index contributed by atoms with van der Waals surface area (Å²) in [6.07, 6.45) is 3.96. The molecule has 2 heterocycles.